The minimum atomic E-state index is -0.381. The average molecular weight is 319 g/mol. The molecule has 0 amide bonds. The summed E-state index contributed by atoms with van der Waals surface area (Å²) in [4.78, 5) is 7.03. The fraction of sp³-hybridized carbons (Fsp3) is 0.0625. The van der Waals surface area contributed by atoms with Gasteiger partial charge in [0, 0.05) is 17.1 Å². The number of aromatic hydroxyl groups is 1. The van der Waals surface area contributed by atoms with Crippen molar-refractivity contribution in [1.82, 2.24) is 4.98 Å². The molecule has 22 heavy (non-hydrogen) atoms. The van der Waals surface area contributed by atoms with E-state index in [0.29, 0.717) is 32.9 Å². The van der Waals surface area contributed by atoms with Crippen LogP contribution in [0.2, 0.25) is 5.02 Å². The van der Waals surface area contributed by atoms with Crippen molar-refractivity contribution in [1.29, 1.82) is 0 Å². The SMILES string of the molecule is COc1ccc(N=Cc2c(O)[nH]c3ccc(F)cc23)cc1Cl. The molecule has 2 aromatic carbocycles. The van der Waals surface area contributed by atoms with Gasteiger partial charge < -0.3 is 14.8 Å². The standard InChI is InChI=1S/C16H12ClFN2O2/c1-22-15-5-3-10(7-13(15)17)19-8-12-11-6-9(18)2-4-14(11)20-16(12)21/h2-8,20-21H,1H3. The molecular weight excluding hydrogens is 307 g/mol. The quantitative estimate of drug-likeness (QED) is 0.702. The van der Waals surface area contributed by atoms with Crippen LogP contribution in [0.1, 0.15) is 5.56 Å². The van der Waals surface area contributed by atoms with E-state index in [4.69, 9.17) is 16.3 Å². The number of hydrogen-bond donors (Lipinski definition) is 2. The third-order valence-electron chi connectivity index (χ3n) is 3.26. The monoisotopic (exact) mass is 318 g/mol. The van der Waals surface area contributed by atoms with Crippen LogP contribution in [0.3, 0.4) is 0 Å². The van der Waals surface area contributed by atoms with Crippen molar-refractivity contribution in [2.75, 3.05) is 7.11 Å². The van der Waals surface area contributed by atoms with Gasteiger partial charge >= 0.3 is 0 Å². The highest BCUT2D eigenvalue weighted by Crippen LogP contribution is 2.30. The van der Waals surface area contributed by atoms with Gasteiger partial charge in [-0.1, -0.05) is 11.6 Å². The van der Waals surface area contributed by atoms with Gasteiger partial charge in [0.25, 0.3) is 0 Å². The van der Waals surface area contributed by atoms with Crippen LogP contribution in [0.5, 0.6) is 11.6 Å². The van der Waals surface area contributed by atoms with Crippen molar-refractivity contribution in [3.63, 3.8) is 0 Å². The van der Waals surface area contributed by atoms with Crippen LogP contribution in [-0.4, -0.2) is 23.4 Å². The van der Waals surface area contributed by atoms with E-state index in [0.717, 1.165) is 0 Å². The zero-order valence-corrected chi connectivity index (χ0v) is 12.4. The lowest BCUT2D eigenvalue weighted by molar-refractivity contribution is 0.415. The lowest BCUT2D eigenvalue weighted by Gasteiger charge is -2.02. The van der Waals surface area contributed by atoms with Crippen LogP contribution in [0.4, 0.5) is 10.1 Å². The zero-order chi connectivity index (χ0) is 15.7. The van der Waals surface area contributed by atoms with E-state index in [1.165, 1.54) is 25.5 Å². The molecule has 0 saturated carbocycles. The predicted octanol–water partition coefficient (Wildman–Crippen LogP) is 4.43. The molecule has 4 nitrogen and oxygen atoms in total. The lowest BCUT2D eigenvalue weighted by atomic mass is 10.2. The Morgan fingerprint density at radius 3 is 2.82 bits per heavy atom. The highest BCUT2D eigenvalue weighted by atomic mass is 35.5. The maximum absolute atomic E-state index is 13.4. The van der Waals surface area contributed by atoms with Gasteiger partial charge in [0.05, 0.1) is 23.4 Å². The number of nitrogens with one attached hydrogen (secondary N) is 1. The molecule has 0 spiro atoms. The number of rotatable bonds is 3. The van der Waals surface area contributed by atoms with Gasteiger partial charge in [-0.25, -0.2) is 4.39 Å². The van der Waals surface area contributed by atoms with E-state index in [2.05, 4.69) is 9.98 Å². The summed E-state index contributed by atoms with van der Waals surface area (Å²) in [5, 5.41) is 10.9. The summed E-state index contributed by atoms with van der Waals surface area (Å²) >= 11 is 6.03. The van der Waals surface area contributed by atoms with Crippen LogP contribution in [0.15, 0.2) is 41.4 Å². The Balaban J connectivity index is 2.00. The summed E-state index contributed by atoms with van der Waals surface area (Å²) in [6.45, 7) is 0. The second kappa shape index (κ2) is 5.69. The van der Waals surface area contributed by atoms with E-state index >= 15 is 0 Å². The first kappa shape index (κ1) is 14.4. The van der Waals surface area contributed by atoms with Crippen molar-refractivity contribution >= 4 is 34.4 Å². The Kier molecular flexibility index (Phi) is 3.73. The summed E-state index contributed by atoms with van der Waals surface area (Å²) in [6.07, 6.45) is 1.46. The van der Waals surface area contributed by atoms with Gasteiger partial charge in [-0.15, -0.1) is 0 Å². The summed E-state index contributed by atoms with van der Waals surface area (Å²) in [5.74, 6) is 0.107. The predicted molar refractivity (Wildman–Crippen MR) is 85.2 cm³/mol. The Labute approximate surface area is 130 Å². The van der Waals surface area contributed by atoms with Crippen LogP contribution < -0.4 is 4.74 Å². The Bertz CT molecular complexity index is 874. The summed E-state index contributed by atoms with van der Waals surface area (Å²) in [5.41, 5.74) is 1.64. The van der Waals surface area contributed by atoms with Crippen molar-refractivity contribution in [2.24, 2.45) is 4.99 Å². The number of nitrogens with zero attached hydrogens (tertiary/aromatic N) is 1. The fourth-order valence-electron chi connectivity index (χ4n) is 2.18. The molecule has 0 fully saturated rings. The number of aliphatic imine (C=N–C) groups is 1. The Hall–Kier alpha value is -2.53. The van der Waals surface area contributed by atoms with Gasteiger partial charge in [-0.3, -0.25) is 4.99 Å². The number of aromatic amines is 1. The first-order valence-corrected chi connectivity index (χ1v) is 6.84. The van der Waals surface area contributed by atoms with Gasteiger partial charge in [0.15, 0.2) is 5.88 Å². The highest BCUT2D eigenvalue weighted by molar-refractivity contribution is 6.32. The van der Waals surface area contributed by atoms with E-state index < -0.39 is 0 Å². The maximum atomic E-state index is 13.4. The van der Waals surface area contributed by atoms with Crippen LogP contribution in [-0.2, 0) is 0 Å². The second-order valence-corrected chi connectivity index (χ2v) is 5.06. The molecule has 0 aliphatic heterocycles. The molecule has 0 aliphatic carbocycles. The molecule has 0 radical (unpaired) electrons. The molecule has 112 valence electrons. The second-order valence-electron chi connectivity index (χ2n) is 4.65. The largest absolute Gasteiger partial charge is 0.495 e. The summed E-state index contributed by atoms with van der Waals surface area (Å²) < 4.78 is 18.4. The molecule has 0 aliphatic rings. The fourth-order valence-corrected chi connectivity index (χ4v) is 2.43. The molecule has 3 aromatic rings. The number of methoxy groups -OCH3 is 1. The molecule has 0 atom stereocenters. The molecule has 1 heterocycles. The van der Waals surface area contributed by atoms with E-state index in [-0.39, 0.29) is 11.7 Å². The maximum Gasteiger partial charge on any atom is 0.198 e. The first-order chi connectivity index (χ1) is 10.6. The van der Waals surface area contributed by atoms with Crippen molar-refractivity contribution in [3.05, 3.63) is 52.8 Å². The number of halogens is 2. The number of fused-ring (bicyclic) bond motifs is 1. The minimum Gasteiger partial charge on any atom is -0.495 e. The first-order valence-electron chi connectivity index (χ1n) is 6.46. The number of H-pyrrole nitrogens is 1. The third kappa shape index (κ3) is 2.63. The van der Waals surface area contributed by atoms with Crippen molar-refractivity contribution in [2.45, 2.75) is 0 Å². The molecule has 6 heteroatoms. The van der Waals surface area contributed by atoms with E-state index in [1.807, 2.05) is 0 Å². The molecule has 1 aromatic heterocycles. The molecular formula is C16H12ClFN2O2. The van der Waals surface area contributed by atoms with Crippen molar-refractivity contribution < 1.29 is 14.2 Å². The van der Waals surface area contributed by atoms with Gasteiger partial charge in [-0.05, 0) is 36.4 Å². The van der Waals surface area contributed by atoms with Gasteiger partial charge in [-0.2, -0.15) is 0 Å². The number of ether oxygens (including phenoxy) is 1. The number of aromatic nitrogens is 1. The zero-order valence-electron chi connectivity index (χ0n) is 11.6. The summed E-state index contributed by atoms with van der Waals surface area (Å²) in [7, 11) is 1.53. The smallest absolute Gasteiger partial charge is 0.198 e. The third-order valence-corrected chi connectivity index (χ3v) is 3.55. The Morgan fingerprint density at radius 2 is 2.09 bits per heavy atom. The normalized spacial score (nSPS) is 11.4. The lowest BCUT2D eigenvalue weighted by Crippen LogP contribution is -1.83. The molecule has 0 saturated heterocycles. The highest BCUT2D eigenvalue weighted by Gasteiger charge is 2.09. The van der Waals surface area contributed by atoms with Gasteiger partial charge in [0.2, 0.25) is 0 Å². The molecule has 0 bridgehead atoms. The Morgan fingerprint density at radius 1 is 1.27 bits per heavy atom. The average Bonchev–Trinajstić information content (AvgIpc) is 2.80. The molecule has 0 unspecified atom stereocenters. The van der Waals surface area contributed by atoms with E-state index in [1.54, 1.807) is 24.3 Å². The number of hydrogen-bond acceptors (Lipinski definition) is 3. The van der Waals surface area contributed by atoms with Crippen LogP contribution in [0, 0.1) is 5.82 Å². The van der Waals surface area contributed by atoms with Crippen LogP contribution in [0.25, 0.3) is 10.9 Å². The minimum absolute atomic E-state index is 0.0658. The topological polar surface area (TPSA) is 57.6 Å². The van der Waals surface area contributed by atoms with E-state index in [9.17, 15) is 9.50 Å². The molecule has 2 N–H and O–H groups in total. The number of benzene rings is 2. The summed E-state index contributed by atoms with van der Waals surface area (Å²) in [6, 6.07) is 9.29. The molecule has 3 rings (SSSR count). The van der Waals surface area contributed by atoms with Gasteiger partial charge in [0.1, 0.15) is 11.6 Å². The van der Waals surface area contributed by atoms with Crippen molar-refractivity contribution in [3.8, 4) is 11.6 Å². The van der Waals surface area contributed by atoms with Crippen LogP contribution >= 0.6 is 11.6 Å².